The predicted octanol–water partition coefficient (Wildman–Crippen LogP) is 5.46. The van der Waals surface area contributed by atoms with Crippen molar-refractivity contribution < 1.29 is 0 Å². The Bertz CT molecular complexity index is 1040. The van der Waals surface area contributed by atoms with E-state index in [1.54, 1.807) is 12.3 Å². The van der Waals surface area contributed by atoms with Crippen LogP contribution in [-0.2, 0) is 0 Å². The molecule has 2 heterocycles. The van der Waals surface area contributed by atoms with Crippen molar-refractivity contribution >= 4 is 45.2 Å². The molecule has 0 aliphatic carbocycles. The highest BCUT2D eigenvalue weighted by atomic mass is 35.5. The van der Waals surface area contributed by atoms with Gasteiger partial charge in [-0.05, 0) is 29.8 Å². The summed E-state index contributed by atoms with van der Waals surface area (Å²) in [6.07, 6.45) is 1.76. The topological polar surface area (TPSA) is 50.2 Å². The molecule has 0 amide bonds. The lowest BCUT2D eigenvalue weighted by Crippen LogP contribution is -1.90. The number of thiazole rings is 1. The molecule has 0 unspecified atom stereocenters. The van der Waals surface area contributed by atoms with Crippen molar-refractivity contribution in [2.75, 3.05) is 5.43 Å². The van der Waals surface area contributed by atoms with E-state index in [1.807, 2.05) is 60.0 Å². The molecular formula is C19H13ClN4S. The summed E-state index contributed by atoms with van der Waals surface area (Å²) >= 11 is 7.43. The first-order valence-corrected chi connectivity index (χ1v) is 8.90. The van der Waals surface area contributed by atoms with Crippen LogP contribution >= 0.6 is 22.9 Å². The molecule has 4 aromatic rings. The fourth-order valence-corrected chi connectivity index (χ4v) is 3.25. The number of hydrogen-bond donors (Lipinski definition) is 1. The van der Waals surface area contributed by atoms with Crippen LogP contribution in [0.2, 0.25) is 5.15 Å². The summed E-state index contributed by atoms with van der Waals surface area (Å²) < 4.78 is 0. The zero-order chi connectivity index (χ0) is 17.1. The van der Waals surface area contributed by atoms with Crippen LogP contribution in [0.4, 0.5) is 5.13 Å². The van der Waals surface area contributed by atoms with Crippen LogP contribution in [0.5, 0.6) is 0 Å². The zero-order valence-corrected chi connectivity index (χ0v) is 14.6. The fraction of sp³-hybridized carbons (Fsp3) is 0. The first-order chi connectivity index (χ1) is 12.3. The van der Waals surface area contributed by atoms with Gasteiger partial charge in [0.2, 0.25) is 5.13 Å². The maximum Gasteiger partial charge on any atom is 0.203 e. The van der Waals surface area contributed by atoms with Crippen LogP contribution in [0.25, 0.3) is 22.2 Å². The molecule has 0 saturated carbocycles. The van der Waals surface area contributed by atoms with Gasteiger partial charge in [-0.25, -0.2) is 9.97 Å². The van der Waals surface area contributed by atoms with E-state index < -0.39 is 0 Å². The summed E-state index contributed by atoms with van der Waals surface area (Å²) in [7, 11) is 0. The maximum atomic E-state index is 5.90. The number of nitrogens with one attached hydrogen (secondary N) is 1. The second-order valence-electron chi connectivity index (χ2n) is 5.36. The van der Waals surface area contributed by atoms with Crippen molar-refractivity contribution in [2.24, 2.45) is 5.10 Å². The molecule has 2 aromatic heterocycles. The van der Waals surface area contributed by atoms with Gasteiger partial charge in [0.15, 0.2) is 0 Å². The first kappa shape index (κ1) is 15.7. The molecule has 0 fully saturated rings. The van der Waals surface area contributed by atoms with Gasteiger partial charge in [0.25, 0.3) is 0 Å². The largest absolute Gasteiger partial charge is 0.253 e. The van der Waals surface area contributed by atoms with Crippen LogP contribution < -0.4 is 5.43 Å². The Balaban J connectivity index is 1.48. The van der Waals surface area contributed by atoms with Gasteiger partial charge in [-0.3, -0.25) is 5.43 Å². The van der Waals surface area contributed by atoms with Crippen molar-refractivity contribution in [1.29, 1.82) is 0 Å². The molecular weight excluding hydrogens is 352 g/mol. The first-order valence-electron chi connectivity index (χ1n) is 7.64. The van der Waals surface area contributed by atoms with Crippen LogP contribution in [0, 0.1) is 0 Å². The lowest BCUT2D eigenvalue weighted by molar-refractivity contribution is 1.29. The molecule has 0 atom stereocenters. The zero-order valence-electron chi connectivity index (χ0n) is 13.1. The van der Waals surface area contributed by atoms with Gasteiger partial charge in [-0.1, -0.05) is 48.0 Å². The number of nitrogens with zero attached hydrogens (tertiary/aromatic N) is 3. The van der Waals surface area contributed by atoms with Gasteiger partial charge in [0, 0.05) is 16.3 Å². The number of hydrazone groups is 1. The minimum absolute atomic E-state index is 0.494. The van der Waals surface area contributed by atoms with E-state index in [-0.39, 0.29) is 0 Å². The van der Waals surface area contributed by atoms with Gasteiger partial charge >= 0.3 is 0 Å². The Morgan fingerprint density at radius 3 is 2.76 bits per heavy atom. The molecule has 4 nitrogen and oxygen atoms in total. The number of pyridine rings is 1. The van der Waals surface area contributed by atoms with Crippen LogP contribution in [0.15, 0.2) is 71.1 Å². The highest BCUT2D eigenvalue weighted by Gasteiger charge is 2.03. The van der Waals surface area contributed by atoms with Gasteiger partial charge in [0.1, 0.15) is 5.15 Å². The molecule has 0 saturated heterocycles. The van der Waals surface area contributed by atoms with Crippen molar-refractivity contribution in [2.45, 2.75) is 0 Å². The van der Waals surface area contributed by atoms with E-state index in [0.717, 1.165) is 32.9 Å². The Morgan fingerprint density at radius 1 is 1.00 bits per heavy atom. The third kappa shape index (κ3) is 3.68. The predicted molar refractivity (Wildman–Crippen MR) is 106 cm³/mol. The summed E-state index contributed by atoms with van der Waals surface area (Å²) in [5, 5.41) is 8.55. The van der Waals surface area contributed by atoms with Gasteiger partial charge in [-0.15, -0.1) is 11.3 Å². The van der Waals surface area contributed by atoms with E-state index in [2.05, 4.69) is 20.5 Å². The molecule has 122 valence electrons. The van der Waals surface area contributed by atoms with E-state index >= 15 is 0 Å². The van der Waals surface area contributed by atoms with Gasteiger partial charge in [0.05, 0.1) is 17.4 Å². The summed E-state index contributed by atoms with van der Waals surface area (Å²) in [6, 6.07) is 19.7. The Labute approximate surface area is 153 Å². The van der Waals surface area contributed by atoms with Crippen LogP contribution in [0.1, 0.15) is 5.56 Å². The number of aromatic nitrogens is 2. The average molecular weight is 365 g/mol. The fourth-order valence-electron chi connectivity index (χ4n) is 2.43. The third-order valence-corrected chi connectivity index (χ3v) is 4.58. The molecule has 0 aliphatic heterocycles. The van der Waals surface area contributed by atoms with Crippen molar-refractivity contribution in [3.05, 3.63) is 76.8 Å². The number of rotatable bonds is 4. The van der Waals surface area contributed by atoms with Gasteiger partial charge < -0.3 is 0 Å². The minimum atomic E-state index is 0.494. The normalized spacial score (nSPS) is 11.2. The summed E-state index contributed by atoms with van der Waals surface area (Å²) in [6.45, 7) is 0. The van der Waals surface area contributed by atoms with Crippen LogP contribution in [0.3, 0.4) is 0 Å². The second-order valence-corrected chi connectivity index (χ2v) is 6.61. The Kier molecular flexibility index (Phi) is 4.41. The maximum absolute atomic E-state index is 5.90. The number of benzene rings is 2. The van der Waals surface area contributed by atoms with Crippen molar-refractivity contribution in [3.8, 4) is 11.3 Å². The third-order valence-electron chi connectivity index (χ3n) is 3.63. The molecule has 0 bridgehead atoms. The van der Waals surface area contributed by atoms with Crippen LogP contribution in [-0.4, -0.2) is 16.2 Å². The lowest BCUT2D eigenvalue weighted by Gasteiger charge is -1.99. The number of halogens is 1. The second kappa shape index (κ2) is 7.01. The van der Waals surface area contributed by atoms with Gasteiger partial charge in [-0.2, -0.15) is 5.10 Å². The van der Waals surface area contributed by atoms with E-state index in [1.165, 1.54) is 11.3 Å². The number of hydrogen-bond acceptors (Lipinski definition) is 5. The Hall–Kier alpha value is -2.76. The SMILES string of the molecule is Clc1ccc2cc(C=NNc3nc(-c4ccccc4)cs3)ccc2n1. The molecule has 0 radical (unpaired) electrons. The van der Waals surface area contributed by atoms with Crippen molar-refractivity contribution in [1.82, 2.24) is 9.97 Å². The monoisotopic (exact) mass is 364 g/mol. The molecule has 4 rings (SSSR count). The molecule has 1 N–H and O–H groups in total. The summed E-state index contributed by atoms with van der Waals surface area (Å²) in [5.41, 5.74) is 6.86. The van der Waals surface area contributed by atoms with E-state index in [9.17, 15) is 0 Å². The van der Waals surface area contributed by atoms with E-state index in [4.69, 9.17) is 11.6 Å². The lowest BCUT2D eigenvalue weighted by atomic mass is 10.1. The standard InChI is InChI=1S/C19H13ClN4S/c20-18-9-7-15-10-13(6-8-16(15)22-18)11-21-24-19-23-17(12-25-19)14-4-2-1-3-5-14/h1-12H,(H,23,24). The molecule has 6 heteroatoms. The quantitative estimate of drug-likeness (QED) is 0.297. The Morgan fingerprint density at radius 2 is 1.88 bits per heavy atom. The molecule has 0 spiro atoms. The summed E-state index contributed by atoms with van der Waals surface area (Å²) in [4.78, 5) is 8.81. The number of fused-ring (bicyclic) bond motifs is 1. The molecule has 0 aliphatic rings. The molecule has 25 heavy (non-hydrogen) atoms. The highest BCUT2D eigenvalue weighted by Crippen LogP contribution is 2.24. The molecule has 2 aromatic carbocycles. The summed E-state index contributed by atoms with van der Waals surface area (Å²) in [5.74, 6) is 0. The average Bonchev–Trinajstić information content (AvgIpc) is 3.11. The highest BCUT2D eigenvalue weighted by molar-refractivity contribution is 7.14. The number of anilines is 1. The van der Waals surface area contributed by atoms with Crippen molar-refractivity contribution in [3.63, 3.8) is 0 Å². The minimum Gasteiger partial charge on any atom is -0.253 e. The van der Waals surface area contributed by atoms with E-state index in [0.29, 0.717) is 5.15 Å². The smallest absolute Gasteiger partial charge is 0.203 e.